The maximum absolute atomic E-state index is 5.75. The van der Waals surface area contributed by atoms with E-state index < -0.39 is 0 Å². The van der Waals surface area contributed by atoms with E-state index in [-0.39, 0.29) is 0 Å². The second-order valence-corrected chi connectivity index (χ2v) is 5.90. The maximum Gasteiger partial charge on any atom is 0.134 e. The van der Waals surface area contributed by atoms with Crippen LogP contribution in [-0.4, -0.2) is 0 Å². The number of nitrogens with one attached hydrogen (secondary N) is 1. The van der Waals surface area contributed by atoms with E-state index in [9.17, 15) is 0 Å². The lowest BCUT2D eigenvalue weighted by Gasteiger charge is -2.00. The van der Waals surface area contributed by atoms with Crippen molar-refractivity contribution in [3.8, 4) is 0 Å². The number of hydrogen-bond donors (Lipinski definition) is 1. The van der Waals surface area contributed by atoms with Crippen LogP contribution in [0.15, 0.2) is 50.7 Å². The van der Waals surface area contributed by atoms with Gasteiger partial charge in [-0.25, -0.2) is 0 Å². The van der Waals surface area contributed by atoms with E-state index >= 15 is 0 Å². The van der Waals surface area contributed by atoms with Gasteiger partial charge in [-0.2, -0.15) is 0 Å². The van der Waals surface area contributed by atoms with Gasteiger partial charge in [0.15, 0.2) is 0 Å². The summed E-state index contributed by atoms with van der Waals surface area (Å²) >= 11 is 5.28. The number of rotatable bonds is 4. The second kappa shape index (κ2) is 5.26. The molecule has 0 amide bonds. The average molecular weight is 322 g/mol. The fraction of sp³-hybridized carbons (Fsp3) is 0.143. The standard InChI is InChI=1S/C14H12BrNOS/c15-12-5-6-18-14(12)9-16-8-11-7-10-3-1-2-4-13(10)17-11/h1-7,16H,8-9H2. The minimum absolute atomic E-state index is 0.749. The van der Waals surface area contributed by atoms with Gasteiger partial charge in [0, 0.05) is 21.3 Å². The summed E-state index contributed by atoms with van der Waals surface area (Å²) in [7, 11) is 0. The van der Waals surface area contributed by atoms with Crippen LogP contribution in [0.2, 0.25) is 0 Å². The Kier molecular flexibility index (Phi) is 3.50. The van der Waals surface area contributed by atoms with Gasteiger partial charge in [-0.05, 0) is 39.5 Å². The number of halogens is 1. The predicted octanol–water partition coefficient (Wildman–Crippen LogP) is 4.55. The lowest BCUT2D eigenvalue weighted by molar-refractivity contribution is 0.514. The molecule has 2 nitrogen and oxygen atoms in total. The largest absolute Gasteiger partial charge is 0.460 e. The van der Waals surface area contributed by atoms with E-state index in [1.165, 1.54) is 9.35 Å². The van der Waals surface area contributed by atoms with Crippen LogP contribution in [-0.2, 0) is 13.1 Å². The summed E-state index contributed by atoms with van der Waals surface area (Å²) in [5, 5.41) is 6.64. The Balaban J connectivity index is 1.65. The zero-order chi connectivity index (χ0) is 12.4. The van der Waals surface area contributed by atoms with Gasteiger partial charge in [-0.3, -0.25) is 0 Å². The van der Waals surface area contributed by atoms with Gasteiger partial charge in [0.25, 0.3) is 0 Å². The minimum Gasteiger partial charge on any atom is -0.460 e. The molecule has 0 aliphatic rings. The molecule has 0 bridgehead atoms. The summed E-state index contributed by atoms with van der Waals surface area (Å²) in [6.45, 7) is 1.61. The number of furan rings is 1. The molecule has 2 aromatic heterocycles. The Morgan fingerprint density at radius 1 is 1.17 bits per heavy atom. The molecule has 4 heteroatoms. The summed E-state index contributed by atoms with van der Waals surface area (Å²) in [4.78, 5) is 1.31. The molecule has 1 aromatic carbocycles. The van der Waals surface area contributed by atoms with Crippen LogP contribution in [0.4, 0.5) is 0 Å². The number of fused-ring (bicyclic) bond motifs is 1. The highest BCUT2D eigenvalue weighted by Crippen LogP contribution is 2.23. The van der Waals surface area contributed by atoms with Crippen LogP contribution >= 0.6 is 27.3 Å². The highest BCUT2D eigenvalue weighted by atomic mass is 79.9. The maximum atomic E-state index is 5.75. The van der Waals surface area contributed by atoms with E-state index in [1.54, 1.807) is 11.3 Å². The van der Waals surface area contributed by atoms with Gasteiger partial charge in [-0.1, -0.05) is 18.2 Å². The topological polar surface area (TPSA) is 25.2 Å². The summed E-state index contributed by atoms with van der Waals surface area (Å²) < 4.78 is 6.92. The van der Waals surface area contributed by atoms with Crippen LogP contribution in [0.25, 0.3) is 11.0 Å². The predicted molar refractivity (Wildman–Crippen MR) is 78.8 cm³/mol. The Bertz CT molecular complexity index is 625. The fourth-order valence-corrected chi connectivity index (χ4v) is 3.34. The monoisotopic (exact) mass is 321 g/mol. The van der Waals surface area contributed by atoms with E-state index in [2.05, 4.69) is 44.8 Å². The van der Waals surface area contributed by atoms with Crippen LogP contribution in [0.1, 0.15) is 10.6 Å². The minimum atomic E-state index is 0.749. The lowest BCUT2D eigenvalue weighted by atomic mass is 10.2. The van der Waals surface area contributed by atoms with Crippen LogP contribution in [0, 0.1) is 0 Å². The molecule has 0 spiro atoms. The van der Waals surface area contributed by atoms with Gasteiger partial charge in [-0.15, -0.1) is 11.3 Å². The van der Waals surface area contributed by atoms with Crippen molar-refractivity contribution in [1.29, 1.82) is 0 Å². The van der Waals surface area contributed by atoms with E-state index in [0.29, 0.717) is 0 Å². The first-order chi connectivity index (χ1) is 8.83. The van der Waals surface area contributed by atoms with Crippen molar-refractivity contribution in [2.45, 2.75) is 13.1 Å². The first-order valence-corrected chi connectivity index (χ1v) is 7.40. The highest BCUT2D eigenvalue weighted by molar-refractivity contribution is 9.10. The molecule has 0 saturated carbocycles. The molecule has 0 unspecified atom stereocenters. The first-order valence-electron chi connectivity index (χ1n) is 5.73. The summed E-state index contributed by atoms with van der Waals surface area (Å²) in [6, 6.07) is 12.2. The molecule has 0 aliphatic heterocycles. The van der Waals surface area contributed by atoms with Crippen molar-refractivity contribution in [2.24, 2.45) is 0 Å². The molecule has 3 aromatic rings. The Labute approximate surface area is 118 Å². The quantitative estimate of drug-likeness (QED) is 0.762. The normalized spacial score (nSPS) is 11.2. The summed E-state index contributed by atoms with van der Waals surface area (Å²) in [6.07, 6.45) is 0. The van der Waals surface area contributed by atoms with Gasteiger partial charge in [0.05, 0.1) is 6.54 Å². The molecule has 0 aliphatic carbocycles. The molecule has 0 radical (unpaired) electrons. The number of benzene rings is 1. The molecule has 0 saturated heterocycles. The molecule has 18 heavy (non-hydrogen) atoms. The van der Waals surface area contributed by atoms with Crippen molar-refractivity contribution in [3.63, 3.8) is 0 Å². The van der Waals surface area contributed by atoms with Crippen LogP contribution < -0.4 is 5.32 Å². The van der Waals surface area contributed by atoms with E-state index in [4.69, 9.17) is 4.42 Å². The zero-order valence-corrected chi connectivity index (χ0v) is 12.1. The Morgan fingerprint density at radius 3 is 2.83 bits per heavy atom. The number of thiophene rings is 1. The van der Waals surface area contributed by atoms with Crippen molar-refractivity contribution in [3.05, 3.63) is 56.9 Å². The summed E-state index contributed by atoms with van der Waals surface area (Å²) in [5.41, 5.74) is 0.951. The highest BCUT2D eigenvalue weighted by Gasteiger charge is 2.04. The lowest BCUT2D eigenvalue weighted by Crippen LogP contribution is -2.11. The molecule has 92 valence electrons. The third-order valence-electron chi connectivity index (χ3n) is 2.75. The third kappa shape index (κ3) is 2.51. The average Bonchev–Trinajstić information content (AvgIpc) is 2.96. The second-order valence-electron chi connectivity index (χ2n) is 4.05. The van der Waals surface area contributed by atoms with Crippen LogP contribution in [0.5, 0.6) is 0 Å². The molecule has 1 N–H and O–H groups in total. The Morgan fingerprint density at radius 2 is 2.06 bits per heavy atom. The van der Waals surface area contributed by atoms with Crippen molar-refractivity contribution >= 4 is 38.2 Å². The van der Waals surface area contributed by atoms with E-state index in [1.807, 2.05) is 18.2 Å². The van der Waals surface area contributed by atoms with Gasteiger partial charge < -0.3 is 9.73 Å². The number of para-hydroxylation sites is 1. The third-order valence-corrected chi connectivity index (χ3v) is 4.68. The Hall–Kier alpha value is -1.10. The SMILES string of the molecule is Brc1ccsc1CNCc1cc2ccccc2o1. The zero-order valence-electron chi connectivity index (χ0n) is 9.65. The molecular weight excluding hydrogens is 310 g/mol. The molecule has 2 heterocycles. The summed E-state index contributed by atoms with van der Waals surface area (Å²) in [5.74, 6) is 0.976. The number of hydrogen-bond acceptors (Lipinski definition) is 3. The molecular formula is C14H12BrNOS. The molecule has 0 fully saturated rings. The van der Waals surface area contributed by atoms with Crippen molar-refractivity contribution in [2.75, 3.05) is 0 Å². The fourth-order valence-electron chi connectivity index (χ4n) is 1.87. The van der Waals surface area contributed by atoms with Crippen LogP contribution in [0.3, 0.4) is 0 Å². The smallest absolute Gasteiger partial charge is 0.134 e. The van der Waals surface area contributed by atoms with Gasteiger partial charge in [0.2, 0.25) is 0 Å². The van der Waals surface area contributed by atoms with E-state index in [0.717, 1.165) is 29.8 Å². The van der Waals surface area contributed by atoms with Gasteiger partial charge >= 0.3 is 0 Å². The van der Waals surface area contributed by atoms with Crippen molar-refractivity contribution < 1.29 is 4.42 Å². The molecule has 3 rings (SSSR count). The molecule has 0 atom stereocenters. The van der Waals surface area contributed by atoms with Crippen molar-refractivity contribution in [1.82, 2.24) is 5.32 Å². The van der Waals surface area contributed by atoms with Gasteiger partial charge in [0.1, 0.15) is 11.3 Å². The first kappa shape index (κ1) is 12.0.